The van der Waals surface area contributed by atoms with Gasteiger partial charge in [0.2, 0.25) is 5.91 Å². The van der Waals surface area contributed by atoms with Gasteiger partial charge in [0.05, 0.1) is 12.0 Å². The van der Waals surface area contributed by atoms with Crippen LogP contribution in [0.1, 0.15) is 47.9 Å². The van der Waals surface area contributed by atoms with Crippen LogP contribution in [0.15, 0.2) is 78.9 Å². The molecule has 7 heteroatoms. The summed E-state index contributed by atoms with van der Waals surface area (Å²) in [6, 6.07) is 24.0. The predicted molar refractivity (Wildman–Crippen MR) is 130 cm³/mol. The number of aliphatic carboxylic acids is 1. The van der Waals surface area contributed by atoms with E-state index in [-0.39, 0.29) is 18.9 Å². The molecule has 178 valence electrons. The number of fused-ring (bicyclic) bond motifs is 3. The van der Waals surface area contributed by atoms with Crippen LogP contribution in [-0.2, 0) is 14.3 Å². The minimum atomic E-state index is -1.00. The number of nitrogens with one attached hydrogen (secondary N) is 2. The molecule has 7 nitrogen and oxygen atoms in total. The number of hydrogen-bond acceptors (Lipinski definition) is 4. The van der Waals surface area contributed by atoms with Crippen molar-refractivity contribution in [1.82, 2.24) is 10.6 Å². The number of benzene rings is 3. The topological polar surface area (TPSA) is 105 Å². The number of ether oxygens (including phenoxy) is 1. The normalized spacial score (nSPS) is 15.9. The third-order valence-electron chi connectivity index (χ3n) is 6.73. The fourth-order valence-corrected chi connectivity index (χ4v) is 4.82. The lowest BCUT2D eigenvalue weighted by Crippen LogP contribution is -2.46. The SMILES string of the molecule is O=C(O)CC1(NC(=O)[C@H](NC(=O)OCC2c3ccccc3-c3ccccc32)c2ccccc2)CC1. The summed E-state index contributed by atoms with van der Waals surface area (Å²) < 4.78 is 5.63. The van der Waals surface area contributed by atoms with Crippen LogP contribution in [0.5, 0.6) is 0 Å². The van der Waals surface area contributed by atoms with Crippen molar-refractivity contribution in [2.45, 2.75) is 36.8 Å². The number of carboxylic acids is 1. The van der Waals surface area contributed by atoms with Crippen LogP contribution in [0.2, 0.25) is 0 Å². The van der Waals surface area contributed by atoms with Gasteiger partial charge in [-0.15, -0.1) is 0 Å². The lowest BCUT2D eigenvalue weighted by molar-refractivity contribution is -0.138. The molecule has 1 saturated carbocycles. The van der Waals surface area contributed by atoms with Crippen LogP contribution in [0.25, 0.3) is 11.1 Å². The second-order valence-electron chi connectivity index (χ2n) is 9.15. The predicted octanol–water partition coefficient (Wildman–Crippen LogP) is 4.39. The first-order valence-corrected chi connectivity index (χ1v) is 11.7. The first-order valence-electron chi connectivity index (χ1n) is 11.7. The molecule has 2 aliphatic carbocycles. The summed E-state index contributed by atoms with van der Waals surface area (Å²) in [7, 11) is 0. The molecule has 1 atom stereocenters. The van der Waals surface area contributed by atoms with Gasteiger partial charge in [-0.3, -0.25) is 9.59 Å². The first kappa shape index (κ1) is 22.7. The standard InChI is InChI=1S/C28H26N2O5/c31-24(32)16-28(14-15-28)30-26(33)25(18-8-2-1-3-9-18)29-27(34)35-17-23-21-12-6-4-10-19(21)20-11-5-7-13-22(20)23/h1-13,23,25H,14-17H2,(H,29,34)(H,30,33)(H,31,32)/t25-/m1/s1. The van der Waals surface area contributed by atoms with E-state index < -0.39 is 29.6 Å². The van der Waals surface area contributed by atoms with Gasteiger partial charge in [-0.2, -0.15) is 0 Å². The highest BCUT2D eigenvalue weighted by molar-refractivity contribution is 5.88. The van der Waals surface area contributed by atoms with Gasteiger partial charge in [0.25, 0.3) is 0 Å². The second kappa shape index (κ2) is 9.25. The lowest BCUT2D eigenvalue weighted by Gasteiger charge is -2.23. The van der Waals surface area contributed by atoms with Gasteiger partial charge in [0, 0.05) is 5.92 Å². The molecule has 5 rings (SSSR count). The highest BCUT2D eigenvalue weighted by atomic mass is 16.5. The van der Waals surface area contributed by atoms with E-state index in [2.05, 4.69) is 22.8 Å². The first-order chi connectivity index (χ1) is 17.0. The monoisotopic (exact) mass is 470 g/mol. The van der Waals surface area contributed by atoms with E-state index in [9.17, 15) is 19.5 Å². The van der Waals surface area contributed by atoms with E-state index in [1.165, 1.54) is 0 Å². The average Bonchev–Trinajstić information content (AvgIpc) is 3.52. The molecule has 0 aromatic heterocycles. The van der Waals surface area contributed by atoms with Crippen molar-refractivity contribution >= 4 is 18.0 Å². The van der Waals surface area contributed by atoms with Crippen LogP contribution in [0.3, 0.4) is 0 Å². The molecule has 0 bridgehead atoms. The Morgan fingerprint density at radius 3 is 2.03 bits per heavy atom. The summed E-state index contributed by atoms with van der Waals surface area (Å²) >= 11 is 0. The summed E-state index contributed by atoms with van der Waals surface area (Å²) in [5.74, 6) is -1.52. The number of hydrogen-bond donors (Lipinski definition) is 3. The van der Waals surface area contributed by atoms with Crippen molar-refractivity contribution in [2.24, 2.45) is 0 Å². The largest absolute Gasteiger partial charge is 0.481 e. The summed E-state index contributed by atoms with van der Waals surface area (Å²) in [4.78, 5) is 37.2. The van der Waals surface area contributed by atoms with Crippen molar-refractivity contribution in [2.75, 3.05) is 6.61 Å². The lowest BCUT2D eigenvalue weighted by atomic mass is 9.98. The van der Waals surface area contributed by atoms with E-state index in [1.54, 1.807) is 24.3 Å². The molecular weight excluding hydrogens is 444 g/mol. The van der Waals surface area contributed by atoms with Crippen LogP contribution >= 0.6 is 0 Å². The van der Waals surface area contributed by atoms with Crippen molar-refractivity contribution < 1.29 is 24.2 Å². The van der Waals surface area contributed by atoms with Gasteiger partial charge in [-0.1, -0.05) is 78.9 Å². The smallest absolute Gasteiger partial charge is 0.408 e. The summed E-state index contributed by atoms with van der Waals surface area (Å²) in [5.41, 5.74) is 4.30. The third-order valence-corrected chi connectivity index (χ3v) is 6.73. The second-order valence-corrected chi connectivity index (χ2v) is 9.15. The molecule has 35 heavy (non-hydrogen) atoms. The highest BCUT2D eigenvalue weighted by Crippen LogP contribution is 2.44. The van der Waals surface area contributed by atoms with Crippen LogP contribution in [0, 0.1) is 0 Å². The zero-order chi connectivity index (χ0) is 24.4. The number of carbonyl (C=O) groups is 3. The Balaban J connectivity index is 1.30. The van der Waals surface area contributed by atoms with E-state index in [1.807, 2.05) is 42.5 Å². The molecule has 0 saturated heterocycles. The molecule has 1 fully saturated rings. The van der Waals surface area contributed by atoms with Crippen LogP contribution < -0.4 is 10.6 Å². The molecule has 2 amide bonds. The Bertz CT molecular complexity index is 1220. The maximum atomic E-state index is 13.1. The number of carbonyl (C=O) groups excluding carboxylic acids is 2. The van der Waals surface area contributed by atoms with Crippen molar-refractivity contribution in [3.63, 3.8) is 0 Å². The summed E-state index contributed by atoms with van der Waals surface area (Å²) in [6.45, 7) is 0.131. The molecule has 0 radical (unpaired) electrons. The maximum absolute atomic E-state index is 13.1. The molecule has 0 unspecified atom stereocenters. The van der Waals surface area contributed by atoms with Gasteiger partial charge >= 0.3 is 12.1 Å². The van der Waals surface area contributed by atoms with Gasteiger partial charge < -0.3 is 20.5 Å². The molecule has 0 spiro atoms. The maximum Gasteiger partial charge on any atom is 0.408 e. The van der Waals surface area contributed by atoms with Crippen LogP contribution in [0.4, 0.5) is 4.79 Å². The molecule has 2 aliphatic rings. The van der Waals surface area contributed by atoms with Crippen molar-refractivity contribution in [3.8, 4) is 11.1 Å². The average molecular weight is 471 g/mol. The quantitative estimate of drug-likeness (QED) is 0.453. The molecule has 0 aliphatic heterocycles. The number of carboxylic acid groups (broad SMARTS) is 1. The third kappa shape index (κ3) is 4.75. The summed E-state index contributed by atoms with van der Waals surface area (Å²) in [6.07, 6.45) is 0.333. The van der Waals surface area contributed by atoms with Gasteiger partial charge in [0.1, 0.15) is 12.6 Å². The van der Waals surface area contributed by atoms with Crippen LogP contribution in [-0.4, -0.2) is 35.2 Å². The molecule has 0 heterocycles. The molecule has 3 aromatic carbocycles. The Morgan fingerprint density at radius 2 is 1.46 bits per heavy atom. The Hall–Kier alpha value is -4.13. The fourth-order valence-electron chi connectivity index (χ4n) is 4.82. The fraction of sp³-hybridized carbons (Fsp3) is 0.250. The number of rotatable bonds is 8. The molecule has 3 aromatic rings. The van der Waals surface area contributed by atoms with E-state index in [0.717, 1.165) is 22.3 Å². The van der Waals surface area contributed by atoms with Crippen molar-refractivity contribution in [3.05, 3.63) is 95.6 Å². The van der Waals surface area contributed by atoms with E-state index in [0.29, 0.717) is 18.4 Å². The Kier molecular flexibility index (Phi) is 5.99. The Morgan fingerprint density at radius 1 is 0.886 bits per heavy atom. The van der Waals surface area contributed by atoms with Gasteiger partial charge in [-0.05, 0) is 40.7 Å². The van der Waals surface area contributed by atoms with Crippen molar-refractivity contribution in [1.29, 1.82) is 0 Å². The highest BCUT2D eigenvalue weighted by Gasteiger charge is 2.47. The summed E-state index contributed by atoms with van der Waals surface area (Å²) in [5, 5.41) is 14.7. The van der Waals surface area contributed by atoms with Gasteiger partial charge in [0.15, 0.2) is 0 Å². The number of amides is 2. The zero-order valence-electron chi connectivity index (χ0n) is 19.1. The molecule has 3 N–H and O–H groups in total. The minimum absolute atomic E-state index is 0.0950. The van der Waals surface area contributed by atoms with Gasteiger partial charge in [-0.25, -0.2) is 4.79 Å². The van der Waals surface area contributed by atoms with E-state index in [4.69, 9.17) is 4.74 Å². The molecular formula is C28H26N2O5. The Labute approximate surface area is 203 Å². The zero-order valence-corrected chi connectivity index (χ0v) is 19.1. The number of alkyl carbamates (subject to hydrolysis) is 1. The minimum Gasteiger partial charge on any atom is -0.481 e. The van der Waals surface area contributed by atoms with E-state index >= 15 is 0 Å².